The minimum absolute atomic E-state index is 0.0136. The first-order valence-corrected chi connectivity index (χ1v) is 6.04. The van der Waals surface area contributed by atoms with E-state index in [4.69, 9.17) is 15.2 Å². The van der Waals surface area contributed by atoms with Gasteiger partial charge < -0.3 is 15.2 Å². The summed E-state index contributed by atoms with van der Waals surface area (Å²) in [4.78, 5) is 10.1. The molecule has 104 valence electrons. The number of nitrogens with two attached hydrogens (primary N) is 1. The van der Waals surface area contributed by atoms with Crippen molar-refractivity contribution in [2.75, 3.05) is 12.3 Å². The summed E-state index contributed by atoms with van der Waals surface area (Å²) in [7, 11) is 0. The number of nitrogen functional groups attached to an aromatic ring is 1. The monoisotopic (exact) mass is 274 g/mol. The quantitative estimate of drug-likeness (QED) is 0.513. The molecule has 0 aliphatic heterocycles. The van der Waals surface area contributed by atoms with E-state index in [-0.39, 0.29) is 5.69 Å². The molecular formula is C14H14N2O4. The average Bonchev–Trinajstić information content (AvgIpc) is 2.43. The van der Waals surface area contributed by atoms with Crippen molar-refractivity contribution in [3.63, 3.8) is 0 Å². The predicted molar refractivity (Wildman–Crippen MR) is 75.2 cm³/mol. The van der Waals surface area contributed by atoms with Crippen molar-refractivity contribution < 1.29 is 14.4 Å². The van der Waals surface area contributed by atoms with Gasteiger partial charge in [-0.05, 0) is 31.2 Å². The van der Waals surface area contributed by atoms with Gasteiger partial charge in [0.15, 0.2) is 11.5 Å². The summed E-state index contributed by atoms with van der Waals surface area (Å²) < 4.78 is 11.1. The summed E-state index contributed by atoms with van der Waals surface area (Å²) >= 11 is 0. The largest absolute Gasteiger partial charge is 0.490 e. The predicted octanol–water partition coefficient (Wildman–Crippen LogP) is 3.37. The van der Waals surface area contributed by atoms with Crippen molar-refractivity contribution in [1.82, 2.24) is 0 Å². The van der Waals surface area contributed by atoms with E-state index >= 15 is 0 Å². The number of anilines is 1. The first-order chi connectivity index (χ1) is 9.60. The zero-order valence-corrected chi connectivity index (χ0v) is 10.9. The molecule has 0 unspecified atom stereocenters. The number of nitro groups is 1. The molecule has 0 saturated carbocycles. The van der Waals surface area contributed by atoms with Crippen molar-refractivity contribution in [2.24, 2.45) is 0 Å². The van der Waals surface area contributed by atoms with Crippen LogP contribution in [0.3, 0.4) is 0 Å². The molecule has 0 aliphatic rings. The highest BCUT2D eigenvalue weighted by Gasteiger charge is 2.09. The molecular weight excluding hydrogens is 260 g/mol. The first kappa shape index (κ1) is 13.7. The molecule has 0 amide bonds. The topological polar surface area (TPSA) is 87.6 Å². The summed E-state index contributed by atoms with van der Waals surface area (Å²) in [5.41, 5.74) is 6.28. The lowest BCUT2D eigenvalue weighted by Gasteiger charge is -2.12. The maximum atomic E-state index is 10.6. The van der Waals surface area contributed by atoms with Crippen LogP contribution < -0.4 is 15.2 Å². The van der Waals surface area contributed by atoms with Gasteiger partial charge in [-0.25, -0.2) is 0 Å². The Balaban J connectivity index is 2.22. The maximum Gasteiger partial charge on any atom is 0.269 e. The van der Waals surface area contributed by atoms with Crippen molar-refractivity contribution in [3.05, 3.63) is 52.6 Å². The standard InChI is InChI=1S/C14H14N2O4/c1-2-19-14-9-10(15)3-8-13(14)20-12-6-4-11(5-7-12)16(17)18/h3-9H,2,15H2,1H3. The van der Waals surface area contributed by atoms with Crippen LogP contribution in [0.1, 0.15) is 6.92 Å². The van der Waals surface area contributed by atoms with Crippen LogP contribution in [0.4, 0.5) is 11.4 Å². The second-order valence-electron chi connectivity index (χ2n) is 3.99. The Morgan fingerprint density at radius 3 is 2.45 bits per heavy atom. The van der Waals surface area contributed by atoms with Crippen LogP contribution in [0.5, 0.6) is 17.2 Å². The fourth-order valence-electron chi connectivity index (χ4n) is 1.64. The number of benzene rings is 2. The molecule has 2 N–H and O–H groups in total. The molecule has 2 rings (SSSR count). The minimum Gasteiger partial charge on any atom is -0.490 e. The molecule has 2 aromatic rings. The van der Waals surface area contributed by atoms with Crippen LogP contribution in [0.25, 0.3) is 0 Å². The zero-order chi connectivity index (χ0) is 14.5. The summed E-state index contributed by atoms with van der Waals surface area (Å²) in [6.45, 7) is 2.35. The number of rotatable bonds is 5. The summed E-state index contributed by atoms with van der Waals surface area (Å²) in [6, 6.07) is 10.9. The lowest BCUT2D eigenvalue weighted by atomic mass is 10.2. The number of nitrogens with zero attached hydrogens (tertiary/aromatic N) is 1. The average molecular weight is 274 g/mol. The van der Waals surface area contributed by atoms with E-state index in [0.29, 0.717) is 29.5 Å². The van der Waals surface area contributed by atoms with Crippen LogP contribution in [0.15, 0.2) is 42.5 Å². The molecule has 0 aliphatic carbocycles. The fourth-order valence-corrected chi connectivity index (χ4v) is 1.64. The molecule has 0 heterocycles. The Kier molecular flexibility index (Phi) is 4.05. The number of nitro benzene ring substituents is 1. The van der Waals surface area contributed by atoms with E-state index in [2.05, 4.69) is 0 Å². The van der Waals surface area contributed by atoms with Gasteiger partial charge in [-0.2, -0.15) is 0 Å². The number of hydrogen-bond donors (Lipinski definition) is 1. The molecule has 6 nitrogen and oxygen atoms in total. The third kappa shape index (κ3) is 3.17. The van der Waals surface area contributed by atoms with E-state index in [9.17, 15) is 10.1 Å². The minimum atomic E-state index is -0.460. The molecule has 6 heteroatoms. The molecule has 0 spiro atoms. The fraction of sp³-hybridized carbons (Fsp3) is 0.143. The second-order valence-corrected chi connectivity index (χ2v) is 3.99. The van der Waals surface area contributed by atoms with Gasteiger partial charge in [0.2, 0.25) is 0 Å². The van der Waals surface area contributed by atoms with Gasteiger partial charge in [0.05, 0.1) is 11.5 Å². The lowest BCUT2D eigenvalue weighted by molar-refractivity contribution is -0.384. The molecule has 0 radical (unpaired) electrons. The van der Waals surface area contributed by atoms with Crippen molar-refractivity contribution in [3.8, 4) is 17.2 Å². The highest BCUT2D eigenvalue weighted by molar-refractivity contribution is 5.53. The van der Waals surface area contributed by atoms with Gasteiger partial charge >= 0.3 is 0 Å². The molecule has 0 aromatic heterocycles. The van der Waals surface area contributed by atoms with E-state index in [1.807, 2.05) is 6.92 Å². The first-order valence-electron chi connectivity index (χ1n) is 6.04. The Labute approximate surface area is 115 Å². The third-order valence-corrected chi connectivity index (χ3v) is 2.54. The maximum absolute atomic E-state index is 10.6. The highest BCUT2D eigenvalue weighted by atomic mass is 16.6. The third-order valence-electron chi connectivity index (χ3n) is 2.54. The number of ether oxygens (including phenoxy) is 2. The van der Waals surface area contributed by atoms with Gasteiger partial charge in [-0.1, -0.05) is 0 Å². The Bertz CT molecular complexity index is 611. The number of non-ortho nitro benzene ring substituents is 1. The molecule has 0 atom stereocenters. The van der Waals surface area contributed by atoms with Crippen molar-refractivity contribution >= 4 is 11.4 Å². The van der Waals surface area contributed by atoms with Gasteiger partial charge in [-0.3, -0.25) is 10.1 Å². The van der Waals surface area contributed by atoms with Gasteiger partial charge in [0.1, 0.15) is 5.75 Å². The smallest absolute Gasteiger partial charge is 0.269 e. The molecule has 20 heavy (non-hydrogen) atoms. The summed E-state index contributed by atoms with van der Waals surface area (Å²) in [5.74, 6) is 1.53. The molecule has 0 bridgehead atoms. The van der Waals surface area contributed by atoms with E-state index in [1.165, 1.54) is 24.3 Å². The van der Waals surface area contributed by atoms with E-state index in [1.54, 1.807) is 18.2 Å². The van der Waals surface area contributed by atoms with E-state index < -0.39 is 4.92 Å². The molecule has 0 saturated heterocycles. The Hall–Kier alpha value is -2.76. The molecule has 2 aromatic carbocycles. The Morgan fingerprint density at radius 2 is 1.85 bits per heavy atom. The summed E-state index contributed by atoms with van der Waals surface area (Å²) in [5, 5.41) is 10.6. The van der Waals surface area contributed by atoms with Crippen LogP contribution in [0.2, 0.25) is 0 Å². The lowest BCUT2D eigenvalue weighted by Crippen LogP contribution is -1.96. The van der Waals surface area contributed by atoms with E-state index in [0.717, 1.165) is 0 Å². The van der Waals surface area contributed by atoms with Crippen LogP contribution in [0, 0.1) is 10.1 Å². The van der Waals surface area contributed by atoms with Gasteiger partial charge in [0.25, 0.3) is 5.69 Å². The Morgan fingerprint density at radius 1 is 1.15 bits per heavy atom. The summed E-state index contributed by atoms with van der Waals surface area (Å²) in [6.07, 6.45) is 0. The van der Waals surface area contributed by atoms with Crippen molar-refractivity contribution in [1.29, 1.82) is 0 Å². The SMILES string of the molecule is CCOc1cc(N)ccc1Oc1ccc([N+](=O)[O-])cc1. The molecule has 0 fully saturated rings. The van der Waals surface area contributed by atoms with Crippen LogP contribution in [-0.4, -0.2) is 11.5 Å². The van der Waals surface area contributed by atoms with Gasteiger partial charge in [-0.15, -0.1) is 0 Å². The highest BCUT2D eigenvalue weighted by Crippen LogP contribution is 2.33. The second kappa shape index (κ2) is 5.92. The normalized spacial score (nSPS) is 10.1. The van der Waals surface area contributed by atoms with Crippen LogP contribution in [-0.2, 0) is 0 Å². The van der Waals surface area contributed by atoms with Crippen LogP contribution >= 0.6 is 0 Å². The van der Waals surface area contributed by atoms with Gasteiger partial charge in [0, 0.05) is 23.9 Å². The zero-order valence-electron chi connectivity index (χ0n) is 10.9. The van der Waals surface area contributed by atoms with Crippen molar-refractivity contribution in [2.45, 2.75) is 6.92 Å². The number of hydrogen-bond acceptors (Lipinski definition) is 5.